The third-order valence-electron chi connectivity index (χ3n) is 5.25. The van der Waals surface area contributed by atoms with Gasteiger partial charge in [0, 0.05) is 17.8 Å². The van der Waals surface area contributed by atoms with Crippen LogP contribution in [0, 0.1) is 6.92 Å². The number of hydrogen-bond acceptors (Lipinski definition) is 6. The molecule has 0 aliphatic rings. The molecule has 0 saturated carbocycles. The fourth-order valence-electron chi connectivity index (χ4n) is 3.60. The Balaban J connectivity index is 3.44. The van der Waals surface area contributed by atoms with E-state index in [1.165, 1.54) is 11.0 Å². The molecule has 0 aliphatic heterocycles. The lowest BCUT2D eigenvalue weighted by Crippen LogP contribution is -2.59. The van der Waals surface area contributed by atoms with Crippen molar-refractivity contribution in [2.24, 2.45) is 0 Å². The highest BCUT2D eigenvalue weighted by molar-refractivity contribution is 7.80. The summed E-state index contributed by atoms with van der Waals surface area (Å²) < 4.78 is 5.32. The zero-order chi connectivity index (χ0) is 27.0. The minimum absolute atomic E-state index is 0.0180. The predicted octanol–water partition coefficient (Wildman–Crippen LogP) is 4.50. The number of aryl methyl sites for hydroxylation is 1. The van der Waals surface area contributed by atoms with Gasteiger partial charge >= 0.3 is 6.09 Å². The normalized spacial score (nSPS) is 13.5. The molecular weight excluding hydrogens is 466 g/mol. The number of hydrogen-bond donors (Lipinski definition) is 4. The van der Waals surface area contributed by atoms with Crippen LogP contribution in [0.25, 0.3) is 0 Å². The molecule has 0 fully saturated rings. The van der Waals surface area contributed by atoms with Crippen molar-refractivity contribution in [2.45, 2.75) is 97.9 Å². The van der Waals surface area contributed by atoms with E-state index < -0.39 is 35.2 Å². The molecule has 2 atom stereocenters. The maximum atomic E-state index is 13.8. The second-order valence-corrected chi connectivity index (χ2v) is 11.1. The molecule has 1 rings (SSSR count). The molecule has 0 heterocycles. The first-order chi connectivity index (χ1) is 16.1. The molecule has 8 nitrogen and oxygen atoms in total. The van der Waals surface area contributed by atoms with Crippen molar-refractivity contribution < 1.29 is 24.2 Å². The molecule has 0 radical (unpaired) electrons. The number of aromatic hydroxyl groups is 1. The van der Waals surface area contributed by atoms with Gasteiger partial charge in [0.2, 0.25) is 11.8 Å². The van der Waals surface area contributed by atoms with E-state index in [-0.39, 0.29) is 17.4 Å². The van der Waals surface area contributed by atoms with Gasteiger partial charge in [-0.3, -0.25) is 9.59 Å². The summed E-state index contributed by atoms with van der Waals surface area (Å²) in [6.45, 7) is 15.0. The van der Waals surface area contributed by atoms with Gasteiger partial charge in [0.1, 0.15) is 23.4 Å². The molecule has 1 aromatic carbocycles. The van der Waals surface area contributed by atoms with Gasteiger partial charge in [-0.25, -0.2) is 4.79 Å². The lowest BCUT2D eigenvalue weighted by molar-refractivity contribution is -0.148. The Morgan fingerprint density at radius 3 is 2.23 bits per heavy atom. The van der Waals surface area contributed by atoms with Crippen LogP contribution in [0.3, 0.4) is 0 Å². The van der Waals surface area contributed by atoms with Crippen LogP contribution < -0.4 is 10.6 Å². The molecule has 0 aliphatic carbocycles. The Bertz CT molecular complexity index is 877. The molecule has 0 aromatic heterocycles. The maximum Gasteiger partial charge on any atom is 0.408 e. The zero-order valence-electron chi connectivity index (χ0n) is 22.4. The van der Waals surface area contributed by atoms with Gasteiger partial charge in [-0.1, -0.05) is 25.8 Å². The fourth-order valence-corrected chi connectivity index (χ4v) is 3.85. The van der Waals surface area contributed by atoms with Crippen molar-refractivity contribution in [2.75, 3.05) is 12.3 Å². The second-order valence-electron chi connectivity index (χ2n) is 10.7. The van der Waals surface area contributed by atoms with Crippen molar-refractivity contribution in [3.63, 3.8) is 0 Å². The third kappa shape index (κ3) is 9.63. The highest BCUT2D eigenvalue weighted by Crippen LogP contribution is 2.32. The first-order valence-electron chi connectivity index (χ1n) is 12.1. The van der Waals surface area contributed by atoms with Crippen LogP contribution in [0.4, 0.5) is 4.79 Å². The first kappa shape index (κ1) is 30.6. The summed E-state index contributed by atoms with van der Waals surface area (Å²) in [5, 5.41) is 15.6. The lowest BCUT2D eigenvalue weighted by atomic mass is 9.94. The van der Waals surface area contributed by atoms with E-state index in [0.717, 1.165) is 19.3 Å². The molecule has 198 valence electrons. The Labute approximate surface area is 215 Å². The number of thiol groups is 1. The standard InChI is InChI=1S/C26H43N3O5S/c1-9-10-11-14-27-22(31)21(18-12-13-20(30)17(2)15-18)29(25(3,4)5)23(32)19(16-35)28-24(33)34-26(6,7)8/h12-13,15,19,21,30,35H,9-11,14,16H2,1-8H3,(H,27,31)(H,28,33). The SMILES string of the molecule is CCCCCNC(=O)C(c1ccc(O)c(C)c1)N(C(=O)C(CS)NC(=O)OC(C)(C)C)C(C)(C)C. The van der Waals surface area contributed by atoms with Crippen molar-refractivity contribution in [1.82, 2.24) is 15.5 Å². The van der Waals surface area contributed by atoms with Gasteiger partial charge < -0.3 is 25.4 Å². The van der Waals surface area contributed by atoms with Gasteiger partial charge in [0.05, 0.1) is 0 Å². The van der Waals surface area contributed by atoms with Gasteiger partial charge in [-0.05, 0) is 78.1 Å². The second kappa shape index (κ2) is 13.0. The summed E-state index contributed by atoms with van der Waals surface area (Å²) in [4.78, 5) is 41.3. The average molecular weight is 510 g/mol. The number of nitrogens with one attached hydrogen (secondary N) is 2. The van der Waals surface area contributed by atoms with E-state index >= 15 is 0 Å². The van der Waals surface area contributed by atoms with Gasteiger partial charge in [0.25, 0.3) is 0 Å². The summed E-state index contributed by atoms with van der Waals surface area (Å²) in [6, 6.07) is 2.87. The van der Waals surface area contributed by atoms with E-state index in [2.05, 4.69) is 30.2 Å². The lowest BCUT2D eigenvalue weighted by Gasteiger charge is -2.43. The van der Waals surface area contributed by atoms with Crippen LogP contribution in [0.1, 0.15) is 84.9 Å². The number of carbonyl (C=O) groups excluding carboxylic acids is 3. The predicted molar refractivity (Wildman–Crippen MR) is 142 cm³/mol. The maximum absolute atomic E-state index is 13.8. The molecule has 35 heavy (non-hydrogen) atoms. The van der Waals surface area contributed by atoms with Crippen LogP contribution in [-0.4, -0.2) is 57.4 Å². The van der Waals surface area contributed by atoms with Crippen LogP contribution in [-0.2, 0) is 14.3 Å². The largest absolute Gasteiger partial charge is 0.508 e. The smallest absolute Gasteiger partial charge is 0.408 e. The fraction of sp³-hybridized carbons (Fsp3) is 0.654. The van der Waals surface area contributed by atoms with Gasteiger partial charge in [-0.15, -0.1) is 0 Å². The minimum Gasteiger partial charge on any atom is -0.508 e. The summed E-state index contributed by atoms with van der Waals surface area (Å²) in [5.74, 6) is -0.670. The number of benzene rings is 1. The third-order valence-corrected chi connectivity index (χ3v) is 5.62. The van der Waals surface area contributed by atoms with Gasteiger partial charge in [-0.2, -0.15) is 12.6 Å². The summed E-state index contributed by atoms with van der Waals surface area (Å²) >= 11 is 4.30. The Morgan fingerprint density at radius 2 is 1.74 bits per heavy atom. The van der Waals surface area contributed by atoms with Crippen LogP contribution in [0.5, 0.6) is 5.75 Å². The van der Waals surface area contributed by atoms with E-state index in [1.54, 1.807) is 39.8 Å². The Kier molecular flexibility index (Phi) is 11.4. The Hall–Kier alpha value is -2.42. The number of phenols is 1. The first-order valence-corrected chi connectivity index (χ1v) is 12.8. The number of carbonyl (C=O) groups is 3. The van der Waals surface area contributed by atoms with Crippen LogP contribution in [0.15, 0.2) is 18.2 Å². The zero-order valence-corrected chi connectivity index (χ0v) is 23.3. The highest BCUT2D eigenvalue weighted by Gasteiger charge is 2.41. The number of alkyl carbamates (subject to hydrolysis) is 1. The average Bonchev–Trinajstić information content (AvgIpc) is 2.72. The monoisotopic (exact) mass is 509 g/mol. The molecule has 0 spiro atoms. The minimum atomic E-state index is -1.01. The summed E-state index contributed by atoms with van der Waals surface area (Å²) in [6.07, 6.45) is 2.09. The van der Waals surface area contributed by atoms with Crippen molar-refractivity contribution in [3.8, 4) is 5.75 Å². The molecule has 0 bridgehead atoms. The summed E-state index contributed by atoms with van der Waals surface area (Å²) in [5.41, 5.74) is -0.370. The number of unbranched alkanes of at least 4 members (excludes halogenated alkanes) is 2. The van der Waals surface area contributed by atoms with Crippen LogP contribution in [0.2, 0.25) is 0 Å². The van der Waals surface area contributed by atoms with Crippen molar-refractivity contribution >= 4 is 30.5 Å². The van der Waals surface area contributed by atoms with Crippen molar-refractivity contribution in [3.05, 3.63) is 29.3 Å². The Morgan fingerprint density at radius 1 is 1.11 bits per heavy atom. The molecular formula is C26H43N3O5S. The molecule has 2 unspecified atom stereocenters. The quantitative estimate of drug-likeness (QED) is 0.274. The molecule has 9 heteroatoms. The van der Waals surface area contributed by atoms with E-state index in [0.29, 0.717) is 17.7 Å². The molecule has 1 aromatic rings. The molecule has 3 amide bonds. The van der Waals surface area contributed by atoms with E-state index in [1.807, 2.05) is 20.8 Å². The molecule has 0 saturated heterocycles. The number of phenolic OH excluding ortho intramolecular Hbond substituents is 1. The topological polar surface area (TPSA) is 108 Å². The number of amides is 3. The van der Waals surface area contributed by atoms with E-state index in [9.17, 15) is 19.5 Å². The number of ether oxygens (including phenoxy) is 1. The summed E-state index contributed by atoms with van der Waals surface area (Å²) in [7, 11) is 0. The number of rotatable bonds is 10. The highest BCUT2D eigenvalue weighted by atomic mass is 32.1. The van der Waals surface area contributed by atoms with Crippen LogP contribution >= 0.6 is 12.6 Å². The van der Waals surface area contributed by atoms with Gasteiger partial charge in [0.15, 0.2) is 0 Å². The van der Waals surface area contributed by atoms with E-state index in [4.69, 9.17) is 4.74 Å². The number of nitrogens with zero attached hydrogens (tertiary/aromatic N) is 1. The van der Waals surface area contributed by atoms with Crippen molar-refractivity contribution in [1.29, 1.82) is 0 Å². The molecule has 3 N–H and O–H groups in total.